The van der Waals surface area contributed by atoms with E-state index in [4.69, 9.17) is 14.2 Å². The minimum atomic E-state index is 0.592. The standard InChI is InChI=1S/C17H27NO3/c1-3-8-18-12-15-4-5-16(17(11-15)19-2)21-13-14-6-9-20-10-7-14/h4-5,11,14,18H,3,6-10,12-13H2,1-2H3. The smallest absolute Gasteiger partial charge is 0.161 e. The molecule has 1 aromatic carbocycles. The lowest BCUT2D eigenvalue weighted by Crippen LogP contribution is -2.21. The zero-order valence-corrected chi connectivity index (χ0v) is 13.2. The predicted molar refractivity (Wildman–Crippen MR) is 84.0 cm³/mol. The Bertz CT molecular complexity index is 416. The van der Waals surface area contributed by atoms with Gasteiger partial charge in [0.15, 0.2) is 11.5 Å². The van der Waals surface area contributed by atoms with Gasteiger partial charge in [-0.15, -0.1) is 0 Å². The molecule has 0 atom stereocenters. The van der Waals surface area contributed by atoms with Gasteiger partial charge in [-0.1, -0.05) is 13.0 Å². The first-order valence-electron chi connectivity index (χ1n) is 7.91. The Hall–Kier alpha value is -1.26. The van der Waals surface area contributed by atoms with E-state index in [9.17, 15) is 0 Å². The minimum Gasteiger partial charge on any atom is -0.493 e. The van der Waals surface area contributed by atoms with Gasteiger partial charge in [0.05, 0.1) is 13.7 Å². The quantitative estimate of drug-likeness (QED) is 0.748. The average molecular weight is 293 g/mol. The molecule has 1 fully saturated rings. The summed E-state index contributed by atoms with van der Waals surface area (Å²) in [5, 5.41) is 3.40. The molecule has 0 radical (unpaired) electrons. The van der Waals surface area contributed by atoms with E-state index < -0.39 is 0 Å². The third kappa shape index (κ3) is 5.21. The second kappa shape index (κ2) is 8.90. The van der Waals surface area contributed by atoms with E-state index in [1.165, 1.54) is 5.56 Å². The van der Waals surface area contributed by atoms with Crippen molar-refractivity contribution in [1.29, 1.82) is 0 Å². The van der Waals surface area contributed by atoms with Gasteiger partial charge in [-0.2, -0.15) is 0 Å². The van der Waals surface area contributed by atoms with Crippen LogP contribution < -0.4 is 14.8 Å². The number of hydrogen-bond acceptors (Lipinski definition) is 4. The first kappa shape index (κ1) is 16.1. The van der Waals surface area contributed by atoms with Crippen molar-refractivity contribution in [3.8, 4) is 11.5 Å². The van der Waals surface area contributed by atoms with E-state index in [1.807, 2.05) is 6.07 Å². The highest BCUT2D eigenvalue weighted by Crippen LogP contribution is 2.29. The molecule has 4 heteroatoms. The lowest BCUT2D eigenvalue weighted by molar-refractivity contribution is 0.0493. The fourth-order valence-electron chi connectivity index (χ4n) is 2.47. The molecule has 0 aromatic heterocycles. The molecule has 0 bridgehead atoms. The normalized spacial score (nSPS) is 15.9. The van der Waals surface area contributed by atoms with Crippen molar-refractivity contribution >= 4 is 0 Å². The molecule has 0 amide bonds. The zero-order valence-electron chi connectivity index (χ0n) is 13.2. The van der Waals surface area contributed by atoms with Crippen LogP contribution in [0, 0.1) is 5.92 Å². The van der Waals surface area contributed by atoms with E-state index >= 15 is 0 Å². The van der Waals surface area contributed by atoms with Gasteiger partial charge in [0, 0.05) is 19.8 Å². The Morgan fingerprint density at radius 1 is 1.24 bits per heavy atom. The minimum absolute atomic E-state index is 0.592. The SMILES string of the molecule is CCCNCc1ccc(OCC2CCOCC2)c(OC)c1. The van der Waals surface area contributed by atoms with Gasteiger partial charge in [0.25, 0.3) is 0 Å². The van der Waals surface area contributed by atoms with Crippen LogP contribution in [0.2, 0.25) is 0 Å². The molecule has 1 heterocycles. The van der Waals surface area contributed by atoms with E-state index in [-0.39, 0.29) is 0 Å². The molecule has 1 saturated heterocycles. The maximum Gasteiger partial charge on any atom is 0.161 e. The lowest BCUT2D eigenvalue weighted by Gasteiger charge is -2.22. The number of methoxy groups -OCH3 is 1. The number of rotatable bonds is 8. The van der Waals surface area contributed by atoms with Crippen LogP contribution >= 0.6 is 0 Å². The van der Waals surface area contributed by atoms with Crippen molar-refractivity contribution in [2.75, 3.05) is 33.5 Å². The van der Waals surface area contributed by atoms with Crippen LogP contribution in [0.1, 0.15) is 31.7 Å². The fraction of sp³-hybridized carbons (Fsp3) is 0.647. The summed E-state index contributed by atoms with van der Waals surface area (Å²) in [7, 11) is 1.69. The Labute approximate surface area is 127 Å². The Balaban J connectivity index is 1.89. The predicted octanol–water partition coefficient (Wildman–Crippen LogP) is 3.00. The molecular formula is C17H27NO3. The Morgan fingerprint density at radius 2 is 2.05 bits per heavy atom. The number of benzene rings is 1. The van der Waals surface area contributed by atoms with Crippen molar-refractivity contribution in [1.82, 2.24) is 5.32 Å². The molecule has 0 saturated carbocycles. The fourth-order valence-corrected chi connectivity index (χ4v) is 2.47. The van der Waals surface area contributed by atoms with E-state index in [0.717, 1.165) is 63.7 Å². The molecule has 1 N–H and O–H groups in total. The van der Waals surface area contributed by atoms with Crippen LogP contribution in [0.4, 0.5) is 0 Å². The molecule has 1 aliphatic rings. The average Bonchev–Trinajstić information content (AvgIpc) is 2.54. The van der Waals surface area contributed by atoms with E-state index in [1.54, 1.807) is 7.11 Å². The third-order valence-electron chi connectivity index (χ3n) is 3.80. The third-order valence-corrected chi connectivity index (χ3v) is 3.80. The van der Waals surface area contributed by atoms with Crippen LogP contribution in [0.3, 0.4) is 0 Å². The largest absolute Gasteiger partial charge is 0.493 e. The lowest BCUT2D eigenvalue weighted by atomic mass is 10.0. The van der Waals surface area contributed by atoms with Crippen molar-refractivity contribution in [2.45, 2.75) is 32.7 Å². The monoisotopic (exact) mass is 293 g/mol. The summed E-state index contributed by atoms with van der Waals surface area (Å²) in [5.41, 5.74) is 1.22. The molecule has 0 unspecified atom stereocenters. The van der Waals surface area contributed by atoms with Crippen LogP contribution in [-0.4, -0.2) is 33.5 Å². The first-order chi connectivity index (χ1) is 10.3. The second-order valence-corrected chi connectivity index (χ2v) is 5.53. The first-order valence-corrected chi connectivity index (χ1v) is 7.91. The highest BCUT2D eigenvalue weighted by atomic mass is 16.5. The van der Waals surface area contributed by atoms with Gasteiger partial charge in [-0.05, 0) is 49.4 Å². The summed E-state index contributed by atoms with van der Waals surface area (Å²) in [6.45, 7) is 6.52. The summed E-state index contributed by atoms with van der Waals surface area (Å²) in [6.07, 6.45) is 3.31. The Kier molecular flexibility index (Phi) is 6.83. The highest BCUT2D eigenvalue weighted by Gasteiger charge is 2.15. The molecule has 0 spiro atoms. The van der Waals surface area contributed by atoms with Crippen LogP contribution in [0.25, 0.3) is 0 Å². The van der Waals surface area contributed by atoms with Gasteiger partial charge in [-0.3, -0.25) is 0 Å². The van der Waals surface area contributed by atoms with Gasteiger partial charge >= 0.3 is 0 Å². The highest BCUT2D eigenvalue weighted by molar-refractivity contribution is 5.42. The van der Waals surface area contributed by atoms with Gasteiger partial charge in [0.2, 0.25) is 0 Å². The summed E-state index contributed by atoms with van der Waals surface area (Å²) in [6, 6.07) is 6.17. The number of nitrogens with one attached hydrogen (secondary N) is 1. The molecule has 118 valence electrons. The van der Waals surface area contributed by atoms with Crippen LogP contribution in [0.15, 0.2) is 18.2 Å². The summed E-state index contributed by atoms with van der Waals surface area (Å²) >= 11 is 0. The van der Waals surface area contributed by atoms with Crippen molar-refractivity contribution in [2.24, 2.45) is 5.92 Å². The molecule has 0 aliphatic carbocycles. The number of ether oxygens (including phenoxy) is 3. The summed E-state index contributed by atoms with van der Waals surface area (Å²) in [5.74, 6) is 2.25. The second-order valence-electron chi connectivity index (χ2n) is 5.53. The molecule has 1 aromatic rings. The molecule has 2 rings (SSSR count). The maximum absolute atomic E-state index is 5.95. The molecule has 1 aliphatic heterocycles. The number of hydrogen-bond donors (Lipinski definition) is 1. The van der Waals surface area contributed by atoms with Crippen LogP contribution in [-0.2, 0) is 11.3 Å². The molecule has 4 nitrogen and oxygen atoms in total. The van der Waals surface area contributed by atoms with Crippen molar-refractivity contribution < 1.29 is 14.2 Å². The van der Waals surface area contributed by atoms with Gasteiger partial charge in [0.1, 0.15) is 0 Å². The zero-order chi connectivity index (χ0) is 14.9. The molecular weight excluding hydrogens is 266 g/mol. The summed E-state index contributed by atoms with van der Waals surface area (Å²) in [4.78, 5) is 0. The summed E-state index contributed by atoms with van der Waals surface area (Å²) < 4.78 is 16.8. The van der Waals surface area contributed by atoms with E-state index in [2.05, 4.69) is 24.4 Å². The Morgan fingerprint density at radius 3 is 2.76 bits per heavy atom. The van der Waals surface area contributed by atoms with Crippen molar-refractivity contribution in [3.63, 3.8) is 0 Å². The van der Waals surface area contributed by atoms with Crippen LogP contribution in [0.5, 0.6) is 11.5 Å². The van der Waals surface area contributed by atoms with Crippen molar-refractivity contribution in [3.05, 3.63) is 23.8 Å². The van der Waals surface area contributed by atoms with E-state index in [0.29, 0.717) is 5.92 Å². The topological polar surface area (TPSA) is 39.7 Å². The van der Waals surface area contributed by atoms with Gasteiger partial charge < -0.3 is 19.5 Å². The maximum atomic E-state index is 5.95. The van der Waals surface area contributed by atoms with Gasteiger partial charge in [-0.25, -0.2) is 0 Å². The molecule has 21 heavy (non-hydrogen) atoms.